The van der Waals surface area contributed by atoms with Crippen LogP contribution < -0.4 is 10.6 Å². The number of carboxylic acid groups (broad SMARTS) is 1. The third-order valence-electron chi connectivity index (χ3n) is 2.84. The maximum Gasteiger partial charge on any atom is 0.321 e. The molecule has 0 saturated heterocycles. The van der Waals surface area contributed by atoms with Crippen molar-refractivity contribution in [2.45, 2.75) is 33.6 Å². The number of amides is 2. The smallest absolute Gasteiger partial charge is 0.321 e. The molecule has 1 aromatic heterocycles. The van der Waals surface area contributed by atoms with Gasteiger partial charge in [0.05, 0.1) is 17.3 Å². The van der Waals surface area contributed by atoms with Gasteiger partial charge < -0.3 is 10.4 Å². The first kappa shape index (κ1) is 15.8. The zero-order chi connectivity index (χ0) is 15.1. The van der Waals surface area contributed by atoms with E-state index in [4.69, 9.17) is 5.11 Å². The number of aliphatic carboxylic acids is 1. The highest BCUT2D eigenvalue weighted by Crippen LogP contribution is 2.04. The molecule has 1 rings (SSSR count). The van der Waals surface area contributed by atoms with Crippen LogP contribution in [-0.4, -0.2) is 38.8 Å². The highest BCUT2D eigenvalue weighted by atomic mass is 16.4. The second-order valence-electron chi connectivity index (χ2n) is 4.57. The molecule has 1 aromatic rings. The third-order valence-corrected chi connectivity index (χ3v) is 2.84. The van der Waals surface area contributed by atoms with Gasteiger partial charge in [0, 0.05) is 6.54 Å². The van der Waals surface area contributed by atoms with Gasteiger partial charge in [-0.25, -0.2) is 9.78 Å². The number of aromatic nitrogens is 3. The van der Waals surface area contributed by atoms with Crippen LogP contribution in [0.5, 0.6) is 0 Å². The van der Waals surface area contributed by atoms with E-state index in [-0.39, 0.29) is 5.95 Å². The fraction of sp³-hybridized carbons (Fsp3) is 0.583. The molecule has 8 nitrogen and oxygen atoms in total. The fourth-order valence-electron chi connectivity index (χ4n) is 1.39. The molecule has 1 unspecified atom stereocenters. The highest BCUT2D eigenvalue weighted by Gasteiger charge is 2.10. The zero-order valence-electron chi connectivity index (χ0n) is 11.8. The molecule has 0 fully saturated rings. The molecule has 2 amide bonds. The molecule has 20 heavy (non-hydrogen) atoms. The van der Waals surface area contributed by atoms with Gasteiger partial charge in [-0.3, -0.25) is 10.1 Å². The average molecular weight is 281 g/mol. The Labute approximate surface area is 117 Å². The second kappa shape index (κ2) is 7.37. The number of hydrogen-bond donors (Lipinski definition) is 3. The van der Waals surface area contributed by atoms with Crippen molar-refractivity contribution in [2.24, 2.45) is 5.92 Å². The number of carbonyl (C=O) groups excluding carboxylic acids is 1. The third kappa shape index (κ3) is 5.17. The molecule has 0 bridgehead atoms. The first-order chi connectivity index (χ1) is 9.40. The number of hydrogen-bond acceptors (Lipinski definition) is 5. The largest absolute Gasteiger partial charge is 0.481 e. The van der Waals surface area contributed by atoms with Gasteiger partial charge in [-0.05, 0) is 26.7 Å². The molecule has 0 aliphatic carbocycles. The van der Waals surface area contributed by atoms with E-state index in [0.717, 1.165) is 0 Å². The lowest BCUT2D eigenvalue weighted by atomic mass is 10.1. The molecular weight excluding hydrogens is 262 g/mol. The Morgan fingerprint density at radius 3 is 2.55 bits per heavy atom. The summed E-state index contributed by atoms with van der Waals surface area (Å²) in [4.78, 5) is 26.2. The number of anilines is 1. The maximum atomic E-state index is 11.5. The SMILES string of the molecule is Cc1nnc(NC(=O)NCCCC(C)C(=O)O)nc1C. The summed E-state index contributed by atoms with van der Waals surface area (Å²) < 4.78 is 0. The van der Waals surface area contributed by atoms with Crippen molar-refractivity contribution in [3.05, 3.63) is 11.4 Å². The summed E-state index contributed by atoms with van der Waals surface area (Å²) in [7, 11) is 0. The molecule has 1 atom stereocenters. The molecule has 0 spiro atoms. The van der Waals surface area contributed by atoms with E-state index in [1.54, 1.807) is 20.8 Å². The van der Waals surface area contributed by atoms with E-state index >= 15 is 0 Å². The van der Waals surface area contributed by atoms with Crippen LogP contribution in [0.1, 0.15) is 31.2 Å². The van der Waals surface area contributed by atoms with Gasteiger partial charge in [0.2, 0.25) is 0 Å². The van der Waals surface area contributed by atoms with Gasteiger partial charge >= 0.3 is 12.0 Å². The average Bonchev–Trinajstić information content (AvgIpc) is 2.38. The summed E-state index contributed by atoms with van der Waals surface area (Å²) >= 11 is 0. The minimum Gasteiger partial charge on any atom is -0.481 e. The van der Waals surface area contributed by atoms with Crippen LogP contribution in [0.15, 0.2) is 0 Å². The zero-order valence-corrected chi connectivity index (χ0v) is 11.8. The monoisotopic (exact) mass is 281 g/mol. The summed E-state index contributed by atoms with van der Waals surface area (Å²) in [5.41, 5.74) is 1.41. The molecular formula is C12H19N5O3. The van der Waals surface area contributed by atoms with Gasteiger partial charge in [0.1, 0.15) is 0 Å². The van der Waals surface area contributed by atoms with E-state index in [9.17, 15) is 9.59 Å². The Balaban J connectivity index is 2.30. The molecule has 0 aliphatic rings. The van der Waals surface area contributed by atoms with Crippen molar-refractivity contribution >= 4 is 17.9 Å². The van der Waals surface area contributed by atoms with Crippen LogP contribution in [0.2, 0.25) is 0 Å². The van der Waals surface area contributed by atoms with Crippen LogP contribution in [0.3, 0.4) is 0 Å². The Morgan fingerprint density at radius 1 is 1.25 bits per heavy atom. The van der Waals surface area contributed by atoms with Crippen LogP contribution in [0.25, 0.3) is 0 Å². The normalized spacial score (nSPS) is 11.8. The Morgan fingerprint density at radius 2 is 1.95 bits per heavy atom. The Bertz CT molecular complexity index is 492. The topological polar surface area (TPSA) is 117 Å². The maximum absolute atomic E-state index is 11.5. The van der Waals surface area contributed by atoms with Crippen molar-refractivity contribution in [1.29, 1.82) is 0 Å². The second-order valence-corrected chi connectivity index (χ2v) is 4.57. The summed E-state index contributed by atoms with van der Waals surface area (Å²) in [6, 6.07) is -0.432. The summed E-state index contributed by atoms with van der Waals surface area (Å²) in [6.07, 6.45) is 1.10. The van der Waals surface area contributed by atoms with Crippen LogP contribution in [0.4, 0.5) is 10.7 Å². The number of carboxylic acids is 1. The van der Waals surface area contributed by atoms with Crippen LogP contribution in [-0.2, 0) is 4.79 Å². The first-order valence-corrected chi connectivity index (χ1v) is 6.35. The molecule has 0 aliphatic heterocycles. The number of urea groups is 1. The van der Waals surface area contributed by atoms with Crippen molar-refractivity contribution in [1.82, 2.24) is 20.5 Å². The number of rotatable bonds is 6. The van der Waals surface area contributed by atoms with Gasteiger partial charge in [-0.1, -0.05) is 6.92 Å². The lowest BCUT2D eigenvalue weighted by Gasteiger charge is -2.08. The van der Waals surface area contributed by atoms with E-state index in [1.807, 2.05) is 0 Å². The highest BCUT2D eigenvalue weighted by molar-refractivity contribution is 5.87. The molecule has 0 aromatic carbocycles. The predicted molar refractivity (Wildman–Crippen MR) is 72.4 cm³/mol. The van der Waals surface area contributed by atoms with E-state index < -0.39 is 17.9 Å². The first-order valence-electron chi connectivity index (χ1n) is 6.35. The van der Waals surface area contributed by atoms with E-state index in [1.165, 1.54) is 0 Å². The summed E-state index contributed by atoms with van der Waals surface area (Å²) in [5.74, 6) is -1.10. The minimum absolute atomic E-state index is 0.143. The van der Waals surface area contributed by atoms with Crippen molar-refractivity contribution in [2.75, 3.05) is 11.9 Å². The molecule has 8 heteroatoms. The molecule has 110 valence electrons. The minimum atomic E-state index is -0.830. The number of nitrogens with one attached hydrogen (secondary N) is 2. The van der Waals surface area contributed by atoms with Gasteiger partial charge in [0.15, 0.2) is 0 Å². The number of aryl methyl sites for hydroxylation is 2. The molecule has 1 heterocycles. The van der Waals surface area contributed by atoms with Gasteiger partial charge in [-0.15, -0.1) is 5.10 Å². The van der Waals surface area contributed by atoms with Gasteiger partial charge in [-0.2, -0.15) is 5.10 Å². The van der Waals surface area contributed by atoms with Gasteiger partial charge in [0.25, 0.3) is 5.95 Å². The predicted octanol–water partition coefficient (Wildman–Crippen LogP) is 1.11. The summed E-state index contributed by atoms with van der Waals surface area (Å²) in [5, 5.41) is 21.4. The van der Waals surface area contributed by atoms with Crippen molar-refractivity contribution in [3.63, 3.8) is 0 Å². The lowest BCUT2D eigenvalue weighted by Crippen LogP contribution is -2.31. The van der Waals surface area contributed by atoms with Crippen molar-refractivity contribution in [3.8, 4) is 0 Å². The fourth-order valence-corrected chi connectivity index (χ4v) is 1.39. The number of carbonyl (C=O) groups is 2. The quantitative estimate of drug-likeness (QED) is 0.672. The molecule has 3 N–H and O–H groups in total. The summed E-state index contributed by atoms with van der Waals surface area (Å²) in [6.45, 7) is 5.59. The molecule has 0 saturated carbocycles. The van der Waals surface area contributed by atoms with Crippen molar-refractivity contribution < 1.29 is 14.7 Å². The van der Waals surface area contributed by atoms with Crippen LogP contribution >= 0.6 is 0 Å². The molecule has 0 radical (unpaired) electrons. The van der Waals surface area contributed by atoms with E-state index in [0.29, 0.717) is 30.8 Å². The standard InChI is InChI=1S/C12H19N5O3/c1-7(10(18)19)5-4-6-13-12(20)15-11-14-8(2)9(3)16-17-11/h7H,4-6H2,1-3H3,(H,18,19)(H2,13,14,15,17,20). The number of nitrogens with zero attached hydrogens (tertiary/aromatic N) is 3. The Hall–Kier alpha value is -2.25. The Kier molecular flexibility index (Phi) is 5.82. The van der Waals surface area contributed by atoms with Crippen LogP contribution in [0, 0.1) is 19.8 Å². The van der Waals surface area contributed by atoms with E-state index in [2.05, 4.69) is 25.8 Å². The lowest BCUT2D eigenvalue weighted by molar-refractivity contribution is -0.141.